The molecule has 3 nitrogen and oxygen atoms in total. The minimum atomic E-state index is 0.0365. The van der Waals surface area contributed by atoms with Gasteiger partial charge in [-0.25, -0.2) is 4.98 Å². The van der Waals surface area contributed by atoms with Crippen molar-refractivity contribution in [2.45, 2.75) is 39.3 Å². The molecule has 0 aliphatic heterocycles. The molecule has 0 spiro atoms. The van der Waals surface area contributed by atoms with Crippen LogP contribution in [0.2, 0.25) is 0 Å². The highest BCUT2D eigenvalue weighted by molar-refractivity contribution is 5.35. The smallest absolute Gasteiger partial charge is 0.0954 e. The molecule has 1 aromatic heterocycles. The fourth-order valence-corrected chi connectivity index (χ4v) is 3.26. The minimum absolute atomic E-state index is 0.0365. The van der Waals surface area contributed by atoms with Gasteiger partial charge in [-0.15, -0.1) is 0 Å². The molecule has 1 N–H and O–H groups in total. The molecule has 0 radical (unpaired) electrons. The first-order chi connectivity index (χ1) is 9.13. The van der Waals surface area contributed by atoms with Gasteiger partial charge in [-0.1, -0.05) is 38.1 Å². The predicted octanol–water partition coefficient (Wildman–Crippen LogP) is 2.94. The predicted molar refractivity (Wildman–Crippen MR) is 74.8 cm³/mol. The number of aromatic nitrogens is 2. The van der Waals surface area contributed by atoms with Gasteiger partial charge in [-0.3, -0.25) is 0 Å². The Bertz CT molecular complexity index is 586. The topological polar surface area (TPSA) is 38.0 Å². The fourth-order valence-electron chi connectivity index (χ4n) is 3.26. The molecule has 0 saturated carbocycles. The average Bonchev–Trinajstić information content (AvgIpc) is 2.85. The standard InChI is InChI=1S/C16H20N2O/c1-16(2)8-7-12-5-3-4-6-14(12)15(16)18-11-17-9-13(18)10-19/h3-6,9,11,15,19H,7-8,10H2,1-2H3/t15-/m1/s1. The van der Waals surface area contributed by atoms with Crippen LogP contribution in [0.25, 0.3) is 0 Å². The van der Waals surface area contributed by atoms with E-state index in [1.165, 1.54) is 11.1 Å². The zero-order valence-electron chi connectivity index (χ0n) is 11.5. The van der Waals surface area contributed by atoms with Gasteiger partial charge in [-0.05, 0) is 29.4 Å². The Kier molecular flexibility index (Phi) is 2.94. The Morgan fingerprint density at radius 3 is 2.95 bits per heavy atom. The molecule has 1 aromatic carbocycles. The molecular weight excluding hydrogens is 236 g/mol. The molecule has 1 aliphatic rings. The lowest BCUT2D eigenvalue weighted by Crippen LogP contribution is -2.33. The van der Waals surface area contributed by atoms with Crippen LogP contribution >= 0.6 is 0 Å². The summed E-state index contributed by atoms with van der Waals surface area (Å²) in [5.41, 5.74) is 3.84. The van der Waals surface area contributed by atoms with Crippen molar-refractivity contribution in [1.82, 2.24) is 9.55 Å². The van der Waals surface area contributed by atoms with Gasteiger partial charge in [0.1, 0.15) is 0 Å². The summed E-state index contributed by atoms with van der Waals surface area (Å²) in [4.78, 5) is 4.21. The second-order valence-electron chi connectivity index (χ2n) is 6.04. The molecule has 3 rings (SSSR count). The van der Waals surface area contributed by atoms with Gasteiger partial charge < -0.3 is 9.67 Å². The number of imidazole rings is 1. The van der Waals surface area contributed by atoms with E-state index in [-0.39, 0.29) is 18.1 Å². The summed E-state index contributed by atoms with van der Waals surface area (Å²) in [6, 6.07) is 8.88. The van der Waals surface area contributed by atoms with Crippen molar-refractivity contribution in [2.75, 3.05) is 0 Å². The summed E-state index contributed by atoms with van der Waals surface area (Å²) in [5, 5.41) is 9.50. The molecule has 19 heavy (non-hydrogen) atoms. The van der Waals surface area contributed by atoms with Gasteiger partial charge in [-0.2, -0.15) is 0 Å². The van der Waals surface area contributed by atoms with Crippen molar-refractivity contribution in [3.63, 3.8) is 0 Å². The van der Waals surface area contributed by atoms with Crippen LogP contribution in [0.5, 0.6) is 0 Å². The van der Waals surface area contributed by atoms with Gasteiger partial charge in [0.05, 0.1) is 30.9 Å². The highest BCUT2D eigenvalue weighted by atomic mass is 16.3. The van der Waals surface area contributed by atoms with E-state index >= 15 is 0 Å². The largest absolute Gasteiger partial charge is 0.390 e. The average molecular weight is 256 g/mol. The zero-order chi connectivity index (χ0) is 13.5. The third-order valence-electron chi connectivity index (χ3n) is 4.32. The van der Waals surface area contributed by atoms with Gasteiger partial charge in [0, 0.05) is 0 Å². The fraction of sp³-hybridized carbons (Fsp3) is 0.438. The van der Waals surface area contributed by atoms with Gasteiger partial charge in [0.25, 0.3) is 0 Å². The van der Waals surface area contributed by atoms with Crippen molar-refractivity contribution >= 4 is 0 Å². The first-order valence-electron chi connectivity index (χ1n) is 6.83. The number of fused-ring (bicyclic) bond motifs is 1. The molecule has 1 atom stereocenters. The number of aliphatic hydroxyl groups is 1. The van der Waals surface area contributed by atoms with E-state index < -0.39 is 0 Å². The molecule has 3 heteroatoms. The number of aliphatic hydroxyl groups excluding tert-OH is 1. The summed E-state index contributed by atoms with van der Waals surface area (Å²) in [6.45, 7) is 4.64. The Hall–Kier alpha value is -1.61. The minimum Gasteiger partial charge on any atom is -0.390 e. The number of rotatable bonds is 2. The van der Waals surface area contributed by atoms with Crippen molar-refractivity contribution in [3.05, 3.63) is 53.6 Å². The molecular formula is C16H20N2O. The lowest BCUT2D eigenvalue weighted by atomic mass is 9.70. The maximum Gasteiger partial charge on any atom is 0.0954 e. The second kappa shape index (κ2) is 4.49. The Morgan fingerprint density at radius 2 is 2.16 bits per heavy atom. The first kappa shape index (κ1) is 12.4. The van der Waals surface area contributed by atoms with Gasteiger partial charge >= 0.3 is 0 Å². The van der Waals surface area contributed by atoms with Crippen molar-refractivity contribution in [1.29, 1.82) is 0 Å². The van der Waals surface area contributed by atoms with E-state index in [1.54, 1.807) is 6.20 Å². The van der Waals surface area contributed by atoms with Crippen LogP contribution in [0.15, 0.2) is 36.8 Å². The summed E-state index contributed by atoms with van der Waals surface area (Å²) >= 11 is 0. The normalized spacial score (nSPS) is 21.1. The van der Waals surface area contributed by atoms with E-state index in [2.05, 4.69) is 47.7 Å². The third kappa shape index (κ3) is 1.98. The summed E-state index contributed by atoms with van der Waals surface area (Å²) in [6.07, 6.45) is 5.88. The number of hydrogen-bond donors (Lipinski definition) is 1. The molecule has 1 aliphatic carbocycles. The second-order valence-corrected chi connectivity index (χ2v) is 6.04. The van der Waals surface area contributed by atoms with Crippen LogP contribution < -0.4 is 0 Å². The summed E-state index contributed by atoms with van der Waals surface area (Å²) in [5.74, 6) is 0. The van der Waals surface area contributed by atoms with Crippen LogP contribution in [0.4, 0.5) is 0 Å². The maximum absolute atomic E-state index is 9.50. The number of nitrogens with zero attached hydrogens (tertiary/aromatic N) is 2. The van der Waals surface area contributed by atoms with E-state index in [4.69, 9.17) is 0 Å². The third-order valence-corrected chi connectivity index (χ3v) is 4.32. The highest BCUT2D eigenvalue weighted by Gasteiger charge is 2.37. The van der Waals surface area contributed by atoms with Crippen molar-refractivity contribution in [3.8, 4) is 0 Å². The molecule has 0 amide bonds. The Morgan fingerprint density at radius 1 is 1.37 bits per heavy atom. The summed E-state index contributed by atoms with van der Waals surface area (Å²) < 4.78 is 2.14. The zero-order valence-corrected chi connectivity index (χ0v) is 11.5. The maximum atomic E-state index is 9.50. The Labute approximate surface area is 113 Å². The first-order valence-corrected chi connectivity index (χ1v) is 6.83. The molecule has 0 fully saturated rings. The monoisotopic (exact) mass is 256 g/mol. The highest BCUT2D eigenvalue weighted by Crippen LogP contribution is 2.46. The molecule has 0 unspecified atom stereocenters. The summed E-state index contributed by atoms with van der Waals surface area (Å²) in [7, 11) is 0. The molecule has 1 heterocycles. The van der Waals surface area contributed by atoms with Crippen LogP contribution in [0.1, 0.15) is 43.1 Å². The number of benzene rings is 1. The Balaban J connectivity index is 2.17. The lowest BCUT2D eigenvalue weighted by Gasteiger charge is -2.41. The molecule has 100 valence electrons. The SMILES string of the molecule is CC1(C)CCc2ccccc2[C@H]1n1cncc1CO. The van der Waals surface area contributed by atoms with E-state index in [1.807, 2.05) is 6.33 Å². The molecule has 0 saturated heterocycles. The van der Waals surface area contributed by atoms with E-state index in [9.17, 15) is 5.11 Å². The molecule has 2 aromatic rings. The number of hydrogen-bond acceptors (Lipinski definition) is 2. The van der Waals surface area contributed by atoms with Crippen LogP contribution in [0, 0.1) is 5.41 Å². The number of aryl methyl sites for hydroxylation is 1. The van der Waals surface area contributed by atoms with Gasteiger partial charge in [0.2, 0.25) is 0 Å². The molecule has 0 bridgehead atoms. The van der Waals surface area contributed by atoms with E-state index in [0.29, 0.717) is 0 Å². The van der Waals surface area contributed by atoms with Gasteiger partial charge in [0.15, 0.2) is 0 Å². The quantitative estimate of drug-likeness (QED) is 0.897. The van der Waals surface area contributed by atoms with E-state index in [0.717, 1.165) is 18.5 Å². The van der Waals surface area contributed by atoms with Crippen molar-refractivity contribution in [2.24, 2.45) is 5.41 Å². The van der Waals surface area contributed by atoms with Crippen molar-refractivity contribution < 1.29 is 5.11 Å². The van der Waals surface area contributed by atoms with Crippen LogP contribution in [0.3, 0.4) is 0 Å². The lowest BCUT2D eigenvalue weighted by molar-refractivity contribution is 0.200. The van der Waals surface area contributed by atoms with Crippen LogP contribution in [-0.2, 0) is 13.0 Å². The van der Waals surface area contributed by atoms with Crippen LogP contribution in [-0.4, -0.2) is 14.7 Å².